The number of methoxy groups -OCH3 is 1. The molecule has 5 nitrogen and oxygen atoms in total. The average Bonchev–Trinajstić information content (AvgIpc) is 2.84. The van der Waals surface area contributed by atoms with Crippen LogP contribution in [0.3, 0.4) is 0 Å². The van der Waals surface area contributed by atoms with Crippen LogP contribution in [-0.2, 0) is 0 Å². The topological polar surface area (TPSA) is 62.7 Å². The zero-order valence-electron chi connectivity index (χ0n) is 20.7. The second-order valence-electron chi connectivity index (χ2n) is 8.93. The summed E-state index contributed by atoms with van der Waals surface area (Å²) in [5, 5.41) is 6.15. The summed E-state index contributed by atoms with van der Waals surface area (Å²) in [6.45, 7) is 8.94. The first kappa shape index (κ1) is 25.0. The molecule has 0 aliphatic rings. The van der Waals surface area contributed by atoms with Crippen LogP contribution in [0, 0.1) is 0 Å². The quantitative estimate of drug-likeness (QED) is 0.342. The Hall–Kier alpha value is -3.60. The van der Waals surface area contributed by atoms with Crippen molar-refractivity contribution in [1.29, 1.82) is 0 Å². The Kier molecular flexibility index (Phi) is 8.86. The number of anilines is 1. The molecule has 0 aliphatic carbocycles. The van der Waals surface area contributed by atoms with Gasteiger partial charge >= 0.3 is 6.03 Å². The van der Waals surface area contributed by atoms with Gasteiger partial charge in [0, 0.05) is 18.4 Å². The zero-order valence-corrected chi connectivity index (χ0v) is 20.7. The van der Waals surface area contributed by atoms with E-state index in [1.165, 1.54) is 0 Å². The smallest absolute Gasteiger partial charge is 0.319 e. The number of nitrogens with one attached hydrogen (secondary N) is 2. The summed E-state index contributed by atoms with van der Waals surface area (Å²) < 4.78 is 5.22. The molecule has 3 aromatic rings. The van der Waals surface area contributed by atoms with Gasteiger partial charge in [0.15, 0.2) is 0 Å². The second-order valence-corrected chi connectivity index (χ2v) is 8.93. The summed E-state index contributed by atoms with van der Waals surface area (Å²) in [7, 11) is 1.65. The first-order chi connectivity index (χ1) is 16.4. The highest BCUT2D eigenvalue weighted by atomic mass is 16.5. The van der Waals surface area contributed by atoms with Crippen molar-refractivity contribution in [2.24, 2.45) is 4.99 Å². The maximum absolute atomic E-state index is 13.0. The predicted molar refractivity (Wildman–Crippen MR) is 141 cm³/mol. The molecule has 0 saturated carbocycles. The molecule has 34 heavy (non-hydrogen) atoms. The van der Waals surface area contributed by atoms with Gasteiger partial charge in [-0.25, -0.2) is 4.79 Å². The monoisotopic (exact) mass is 457 g/mol. The lowest BCUT2D eigenvalue weighted by Crippen LogP contribution is -2.33. The van der Waals surface area contributed by atoms with Gasteiger partial charge in [-0.15, -0.1) is 0 Å². The minimum absolute atomic E-state index is 0.209. The molecule has 2 amide bonds. The second kappa shape index (κ2) is 12.0. The van der Waals surface area contributed by atoms with E-state index in [-0.39, 0.29) is 12.1 Å². The van der Waals surface area contributed by atoms with E-state index in [0.717, 1.165) is 33.7 Å². The Labute approximate surface area is 203 Å². The maximum atomic E-state index is 13.0. The van der Waals surface area contributed by atoms with Crippen molar-refractivity contribution < 1.29 is 9.53 Å². The highest BCUT2D eigenvalue weighted by Crippen LogP contribution is 2.32. The summed E-state index contributed by atoms with van der Waals surface area (Å²) in [6, 6.07) is 23.5. The number of nitrogens with zero attached hydrogens (tertiary/aromatic N) is 1. The molecule has 0 fully saturated rings. The van der Waals surface area contributed by atoms with Crippen LogP contribution >= 0.6 is 0 Å². The molecule has 3 rings (SSSR count). The number of hydrogen-bond donors (Lipinski definition) is 2. The normalized spacial score (nSPS) is 12.2. The first-order valence-corrected chi connectivity index (χ1v) is 11.8. The third-order valence-electron chi connectivity index (χ3n) is 5.77. The molecule has 0 saturated heterocycles. The van der Waals surface area contributed by atoms with E-state index in [1.807, 2.05) is 60.8 Å². The maximum Gasteiger partial charge on any atom is 0.319 e. The van der Waals surface area contributed by atoms with E-state index < -0.39 is 0 Å². The summed E-state index contributed by atoms with van der Waals surface area (Å²) in [5.74, 6) is 1.41. The molecule has 5 heteroatoms. The molecule has 3 aromatic carbocycles. The zero-order chi connectivity index (χ0) is 24.5. The fourth-order valence-corrected chi connectivity index (χ4v) is 3.84. The van der Waals surface area contributed by atoms with Crippen molar-refractivity contribution in [3.05, 3.63) is 95.1 Å². The molecule has 2 N–H and O–H groups in total. The minimum atomic E-state index is -0.226. The summed E-state index contributed by atoms with van der Waals surface area (Å²) in [5.41, 5.74) is 5.19. The van der Waals surface area contributed by atoms with Crippen LogP contribution in [-0.4, -0.2) is 25.9 Å². The van der Waals surface area contributed by atoms with E-state index in [0.29, 0.717) is 18.4 Å². The Morgan fingerprint density at radius 2 is 1.50 bits per heavy atom. The molecule has 178 valence electrons. The van der Waals surface area contributed by atoms with Gasteiger partial charge < -0.3 is 15.4 Å². The van der Waals surface area contributed by atoms with E-state index in [1.54, 1.807) is 7.11 Å². The van der Waals surface area contributed by atoms with Crippen LogP contribution in [0.15, 0.2) is 77.8 Å². The van der Waals surface area contributed by atoms with Crippen LogP contribution in [0.2, 0.25) is 0 Å². The van der Waals surface area contributed by atoms with Gasteiger partial charge in [-0.1, -0.05) is 76.2 Å². The van der Waals surface area contributed by atoms with E-state index in [4.69, 9.17) is 9.73 Å². The van der Waals surface area contributed by atoms with Crippen molar-refractivity contribution in [3.63, 3.8) is 0 Å². The van der Waals surface area contributed by atoms with E-state index >= 15 is 0 Å². The van der Waals surface area contributed by atoms with Crippen LogP contribution in [0.1, 0.15) is 67.8 Å². The lowest BCUT2D eigenvalue weighted by molar-refractivity contribution is 0.251. The molecule has 0 unspecified atom stereocenters. The molecule has 1 atom stereocenters. The van der Waals surface area contributed by atoms with Crippen LogP contribution < -0.4 is 15.4 Å². The average molecular weight is 458 g/mol. The van der Waals surface area contributed by atoms with Crippen molar-refractivity contribution >= 4 is 17.9 Å². The van der Waals surface area contributed by atoms with Crippen LogP contribution in [0.4, 0.5) is 10.5 Å². The Morgan fingerprint density at radius 3 is 2.06 bits per heavy atom. The third kappa shape index (κ3) is 6.70. The van der Waals surface area contributed by atoms with Crippen LogP contribution in [0.5, 0.6) is 5.75 Å². The number of aliphatic imine (C=N–C) groups is 1. The van der Waals surface area contributed by atoms with E-state index in [2.05, 4.69) is 56.5 Å². The Balaban J connectivity index is 1.75. The summed E-state index contributed by atoms with van der Waals surface area (Å²) in [4.78, 5) is 17.7. The van der Waals surface area contributed by atoms with Crippen LogP contribution in [0.25, 0.3) is 0 Å². The van der Waals surface area contributed by atoms with E-state index in [9.17, 15) is 4.79 Å². The van der Waals surface area contributed by atoms with Crippen molar-refractivity contribution in [2.45, 2.75) is 45.6 Å². The van der Waals surface area contributed by atoms with Gasteiger partial charge in [-0.3, -0.25) is 4.99 Å². The molecule has 0 spiro atoms. The van der Waals surface area contributed by atoms with Crippen molar-refractivity contribution in [3.8, 4) is 5.75 Å². The number of carbonyl (C=O) groups is 1. The minimum Gasteiger partial charge on any atom is -0.497 e. The Morgan fingerprint density at radius 1 is 0.882 bits per heavy atom. The molecule has 0 aromatic heterocycles. The molecule has 0 aliphatic heterocycles. The van der Waals surface area contributed by atoms with Gasteiger partial charge in [0.2, 0.25) is 0 Å². The largest absolute Gasteiger partial charge is 0.497 e. The van der Waals surface area contributed by atoms with Gasteiger partial charge in [-0.05, 0) is 58.4 Å². The predicted octanol–water partition coefficient (Wildman–Crippen LogP) is 6.92. The molecule has 0 heterocycles. The number of rotatable bonds is 9. The number of urea groups is 1. The highest BCUT2D eigenvalue weighted by Gasteiger charge is 2.17. The fourth-order valence-electron chi connectivity index (χ4n) is 3.84. The number of ether oxygens (including phenoxy) is 1. The molecular weight excluding hydrogens is 422 g/mol. The summed E-state index contributed by atoms with van der Waals surface area (Å²) in [6.07, 6.45) is 1.83. The van der Waals surface area contributed by atoms with Crippen molar-refractivity contribution in [2.75, 3.05) is 19.0 Å². The van der Waals surface area contributed by atoms with Gasteiger partial charge in [0.1, 0.15) is 5.75 Å². The summed E-state index contributed by atoms with van der Waals surface area (Å²) >= 11 is 0. The first-order valence-electron chi connectivity index (χ1n) is 11.8. The van der Waals surface area contributed by atoms with Gasteiger partial charge in [0.25, 0.3) is 0 Å². The number of carbonyl (C=O) groups excluding carboxylic acids is 1. The molecule has 0 radical (unpaired) electrons. The lowest BCUT2D eigenvalue weighted by Gasteiger charge is -2.21. The number of benzene rings is 3. The fraction of sp³-hybridized carbons (Fsp3) is 0.310. The lowest BCUT2D eigenvalue weighted by atomic mass is 9.93. The SMILES string of the molecule is COc1ccc(C=N[C@@H](CNC(=O)Nc2c(C(C)C)cccc2C(C)C)c2ccccc2)cc1. The number of amides is 2. The van der Waals surface area contributed by atoms with Gasteiger partial charge in [0.05, 0.1) is 13.2 Å². The standard InChI is InChI=1S/C29H35N3O2/c1-20(2)25-12-9-13-26(21(3)4)28(25)32-29(33)31-19-27(23-10-7-6-8-11-23)30-18-22-14-16-24(34-5)17-15-22/h6-18,20-21,27H,19H2,1-5H3,(H2,31,32,33)/t27-/m0/s1. The molecular formula is C29H35N3O2. The third-order valence-corrected chi connectivity index (χ3v) is 5.77. The Bertz CT molecular complexity index is 1060. The highest BCUT2D eigenvalue weighted by molar-refractivity contribution is 5.91. The van der Waals surface area contributed by atoms with Crippen molar-refractivity contribution in [1.82, 2.24) is 5.32 Å². The number of para-hydroxylation sites is 1. The van der Waals surface area contributed by atoms with Gasteiger partial charge in [-0.2, -0.15) is 0 Å². The number of hydrogen-bond acceptors (Lipinski definition) is 3. The molecule has 0 bridgehead atoms.